The van der Waals surface area contributed by atoms with Gasteiger partial charge in [-0.25, -0.2) is 8.42 Å². The van der Waals surface area contributed by atoms with Crippen molar-refractivity contribution in [1.29, 1.82) is 0 Å². The van der Waals surface area contributed by atoms with E-state index in [9.17, 15) is 8.42 Å². The van der Waals surface area contributed by atoms with Crippen LogP contribution in [0.3, 0.4) is 0 Å². The molecule has 0 bridgehead atoms. The van der Waals surface area contributed by atoms with E-state index in [0.717, 1.165) is 0 Å². The smallest absolute Gasteiger partial charge is 0.232 e. The van der Waals surface area contributed by atoms with Crippen LogP contribution in [-0.4, -0.2) is 74.2 Å². The van der Waals surface area contributed by atoms with Crippen molar-refractivity contribution in [2.75, 3.05) is 62.1 Å². The first-order valence-corrected chi connectivity index (χ1v) is 8.01. The molecule has 2 N–H and O–H groups in total. The molecule has 0 aliphatic carbocycles. The normalized spacial score (nSPS) is 17.2. The van der Waals surface area contributed by atoms with Gasteiger partial charge in [0.2, 0.25) is 27.9 Å². The average Bonchev–Trinajstić information content (AvgIpc) is 2.37. The number of nitrogens with two attached hydrogens (primary N) is 1. The van der Waals surface area contributed by atoms with Gasteiger partial charge in [-0.1, -0.05) is 0 Å². The van der Waals surface area contributed by atoms with Gasteiger partial charge in [0.1, 0.15) is 0 Å². The Morgan fingerprint density at radius 3 is 2.20 bits per heavy atom. The van der Waals surface area contributed by atoms with Crippen LogP contribution in [0.4, 0.5) is 17.8 Å². The summed E-state index contributed by atoms with van der Waals surface area (Å²) >= 11 is 0. The number of rotatable bonds is 3. The Labute approximate surface area is 118 Å². The Balaban J connectivity index is 2.15. The third-order valence-corrected chi connectivity index (χ3v) is 4.32. The predicted octanol–water partition coefficient (Wildman–Crippen LogP) is -1.40. The topological polar surface area (TPSA) is 109 Å². The molecule has 0 aromatic carbocycles. The highest BCUT2D eigenvalue weighted by Gasteiger charge is 2.25. The largest absolute Gasteiger partial charge is 0.368 e. The lowest BCUT2D eigenvalue weighted by Gasteiger charge is -2.33. The Kier molecular flexibility index (Phi) is 3.95. The zero-order chi connectivity index (χ0) is 14.9. The van der Waals surface area contributed by atoms with Crippen LogP contribution < -0.4 is 15.5 Å². The molecule has 0 amide bonds. The lowest BCUT2D eigenvalue weighted by atomic mass is 10.4. The number of nitrogens with zero attached hydrogens (tertiary/aromatic N) is 6. The lowest BCUT2D eigenvalue weighted by molar-refractivity contribution is 0.385. The highest BCUT2D eigenvalue weighted by atomic mass is 32.2. The number of aromatic nitrogens is 3. The first-order chi connectivity index (χ1) is 9.27. The minimum absolute atomic E-state index is 0.157. The van der Waals surface area contributed by atoms with Crippen LogP contribution in [0, 0.1) is 0 Å². The van der Waals surface area contributed by atoms with Crippen molar-refractivity contribution in [2.45, 2.75) is 0 Å². The number of sulfonamides is 1. The minimum Gasteiger partial charge on any atom is -0.368 e. The van der Waals surface area contributed by atoms with Crippen LogP contribution in [0.15, 0.2) is 0 Å². The second-order valence-electron chi connectivity index (χ2n) is 4.84. The van der Waals surface area contributed by atoms with E-state index in [0.29, 0.717) is 38.1 Å². The van der Waals surface area contributed by atoms with Crippen molar-refractivity contribution in [3.8, 4) is 0 Å². The van der Waals surface area contributed by atoms with E-state index in [1.54, 1.807) is 4.90 Å². The van der Waals surface area contributed by atoms with Gasteiger partial charge >= 0.3 is 0 Å². The van der Waals surface area contributed by atoms with Crippen LogP contribution in [0.5, 0.6) is 0 Å². The van der Waals surface area contributed by atoms with E-state index in [-0.39, 0.29) is 5.95 Å². The fraction of sp³-hybridized carbons (Fsp3) is 0.700. The number of hydrogen-bond acceptors (Lipinski definition) is 8. The number of piperazine rings is 1. The van der Waals surface area contributed by atoms with E-state index in [1.807, 2.05) is 19.0 Å². The number of anilines is 3. The third kappa shape index (κ3) is 3.25. The summed E-state index contributed by atoms with van der Waals surface area (Å²) in [5.41, 5.74) is 5.68. The minimum atomic E-state index is -3.14. The predicted molar refractivity (Wildman–Crippen MR) is 77.2 cm³/mol. The molecule has 1 aliphatic rings. The Morgan fingerprint density at radius 2 is 1.70 bits per heavy atom. The van der Waals surface area contributed by atoms with Crippen LogP contribution in [-0.2, 0) is 10.0 Å². The van der Waals surface area contributed by atoms with E-state index in [2.05, 4.69) is 15.0 Å². The molecule has 0 spiro atoms. The quantitative estimate of drug-likeness (QED) is 0.726. The second-order valence-corrected chi connectivity index (χ2v) is 6.82. The lowest BCUT2D eigenvalue weighted by Crippen LogP contribution is -2.49. The molecule has 0 saturated carbocycles. The van der Waals surface area contributed by atoms with Gasteiger partial charge in [-0.05, 0) is 0 Å². The molecule has 0 atom stereocenters. The zero-order valence-corrected chi connectivity index (χ0v) is 12.6. The van der Waals surface area contributed by atoms with Crippen molar-refractivity contribution < 1.29 is 8.42 Å². The van der Waals surface area contributed by atoms with E-state index < -0.39 is 10.0 Å². The SMILES string of the molecule is CN(C)c1nc(N)nc(N2CCN(S(C)(=O)=O)CC2)n1. The molecule has 1 aromatic rings. The molecule has 1 aromatic heterocycles. The van der Waals surface area contributed by atoms with Crippen molar-refractivity contribution in [3.63, 3.8) is 0 Å². The summed E-state index contributed by atoms with van der Waals surface area (Å²) < 4.78 is 24.4. The molecule has 2 heterocycles. The average molecular weight is 301 g/mol. The summed E-state index contributed by atoms with van der Waals surface area (Å²) in [7, 11) is 0.499. The van der Waals surface area contributed by atoms with Gasteiger partial charge in [0.15, 0.2) is 0 Å². The molecule has 10 heteroatoms. The first kappa shape index (κ1) is 14.7. The number of nitrogen functional groups attached to an aromatic ring is 1. The Bertz CT molecular complexity index is 581. The number of hydrogen-bond donors (Lipinski definition) is 1. The fourth-order valence-corrected chi connectivity index (χ4v) is 2.76. The van der Waals surface area contributed by atoms with Crippen LogP contribution >= 0.6 is 0 Å². The molecule has 0 radical (unpaired) electrons. The van der Waals surface area contributed by atoms with Gasteiger partial charge in [0, 0.05) is 40.3 Å². The molecular weight excluding hydrogens is 282 g/mol. The summed E-state index contributed by atoms with van der Waals surface area (Å²) in [5, 5.41) is 0. The molecule has 1 saturated heterocycles. The maximum Gasteiger partial charge on any atom is 0.232 e. The van der Waals surface area contributed by atoms with Gasteiger partial charge in [0.25, 0.3) is 0 Å². The van der Waals surface area contributed by atoms with Crippen LogP contribution in [0.25, 0.3) is 0 Å². The maximum atomic E-state index is 11.5. The summed E-state index contributed by atoms with van der Waals surface area (Å²) in [6.45, 7) is 1.90. The van der Waals surface area contributed by atoms with E-state index in [1.165, 1.54) is 10.6 Å². The van der Waals surface area contributed by atoms with Crippen molar-refractivity contribution in [1.82, 2.24) is 19.3 Å². The van der Waals surface area contributed by atoms with Crippen molar-refractivity contribution in [3.05, 3.63) is 0 Å². The molecule has 1 fully saturated rings. The Hall–Kier alpha value is -1.68. The highest BCUT2D eigenvalue weighted by Crippen LogP contribution is 2.16. The van der Waals surface area contributed by atoms with Gasteiger partial charge in [-0.3, -0.25) is 0 Å². The third-order valence-electron chi connectivity index (χ3n) is 3.02. The second kappa shape index (κ2) is 5.37. The standard InChI is InChI=1S/C10H19N7O2S/c1-15(2)9-12-8(11)13-10(14-9)16-4-6-17(7-5-16)20(3,18)19/h4-7H2,1-3H3,(H2,11,12,13,14). The van der Waals surface area contributed by atoms with Crippen LogP contribution in [0.2, 0.25) is 0 Å². The highest BCUT2D eigenvalue weighted by molar-refractivity contribution is 7.88. The van der Waals surface area contributed by atoms with Gasteiger partial charge < -0.3 is 15.5 Å². The summed E-state index contributed by atoms with van der Waals surface area (Å²) in [6.07, 6.45) is 1.22. The van der Waals surface area contributed by atoms with E-state index >= 15 is 0 Å². The zero-order valence-electron chi connectivity index (χ0n) is 11.8. The molecule has 9 nitrogen and oxygen atoms in total. The molecule has 1 aliphatic heterocycles. The monoisotopic (exact) mass is 301 g/mol. The van der Waals surface area contributed by atoms with Gasteiger partial charge in [-0.2, -0.15) is 19.3 Å². The van der Waals surface area contributed by atoms with Crippen molar-refractivity contribution >= 4 is 27.9 Å². The molecule has 20 heavy (non-hydrogen) atoms. The molecular formula is C10H19N7O2S. The van der Waals surface area contributed by atoms with Crippen LogP contribution in [0.1, 0.15) is 0 Å². The summed E-state index contributed by atoms with van der Waals surface area (Å²) in [5.74, 6) is 1.12. The molecule has 112 valence electrons. The fourth-order valence-electron chi connectivity index (χ4n) is 1.93. The maximum absolute atomic E-state index is 11.5. The molecule has 2 rings (SSSR count). The summed E-state index contributed by atoms with van der Waals surface area (Å²) in [6, 6.07) is 0. The first-order valence-electron chi connectivity index (χ1n) is 6.16. The van der Waals surface area contributed by atoms with Crippen molar-refractivity contribution in [2.24, 2.45) is 0 Å². The van der Waals surface area contributed by atoms with Gasteiger partial charge in [-0.15, -0.1) is 0 Å². The van der Waals surface area contributed by atoms with Gasteiger partial charge in [0.05, 0.1) is 6.26 Å². The van der Waals surface area contributed by atoms with E-state index in [4.69, 9.17) is 5.73 Å². The molecule has 0 unspecified atom stereocenters. The Morgan fingerprint density at radius 1 is 1.10 bits per heavy atom. The summed E-state index contributed by atoms with van der Waals surface area (Å²) in [4.78, 5) is 16.1.